The number of nitrogens with zero attached hydrogens (tertiary/aromatic N) is 2. The van der Waals surface area contributed by atoms with Crippen LogP contribution in [-0.4, -0.2) is 29.2 Å². The predicted octanol–water partition coefficient (Wildman–Crippen LogP) is 4.06. The fourth-order valence-corrected chi connectivity index (χ4v) is 3.63. The average molecular weight is 375 g/mol. The number of ether oxygens (including phenoxy) is 2. The van der Waals surface area contributed by atoms with E-state index in [2.05, 4.69) is 11.9 Å². The van der Waals surface area contributed by atoms with Crippen molar-refractivity contribution in [2.45, 2.75) is 13.0 Å². The van der Waals surface area contributed by atoms with Gasteiger partial charge in [0.1, 0.15) is 12.4 Å². The van der Waals surface area contributed by atoms with Crippen molar-refractivity contribution in [3.8, 4) is 5.75 Å². The van der Waals surface area contributed by atoms with Crippen LogP contribution in [0.25, 0.3) is 11.0 Å². The topological polar surface area (TPSA) is 65.4 Å². The van der Waals surface area contributed by atoms with Gasteiger partial charge < -0.3 is 14.8 Å². The number of carbonyl (C=O) groups excluding carboxylic acids is 1. The Kier molecular flexibility index (Phi) is 4.61. The van der Waals surface area contributed by atoms with Crippen molar-refractivity contribution in [2.75, 3.05) is 19.0 Å². The van der Waals surface area contributed by atoms with E-state index in [1.54, 1.807) is 13.2 Å². The molecule has 0 amide bonds. The molecule has 0 saturated heterocycles. The van der Waals surface area contributed by atoms with E-state index < -0.39 is 12.0 Å². The normalized spacial score (nSPS) is 15.7. The Bertz CT molecular complexity index is 1100. The van der Waals surface area contributed by atoms with Gasteiger partial charge >= 0.3 is 5.97 Å². The molecule has 0 radical (unpaired) electrons. The van der Waals surface area contributed by atoms with E-state index in [1.807, 2.05) is 60.0 Å². The number of hydrogen-bond donors (Lipinski definition) is 1. The lowest BCUT2D eigenvalue weighted by Gasteiger charge is -2.30. The zero-order valence-corrected chi connectivity index (χ0v) is 15.8. The number of benzene rings is 2. The molecule has 4 rings (SSSR count). The summed E-state index contributed by atoms with van der Waals surface area (Å²) in [5.41, 5.74) is 3.84. The lowest BCUT2D eigenvalue weighted by molar-refractivity contribution is -0.138. The summed E-state index contributed by atoms with van der Waals surface area (Å²) in [6.45, 7) is 5.63. The van der Waals surface area contributed by atoms with Crippen molar-refractivity contribution < 1.29 is 14.3 Å². The average Bonchev–Trinajstić information content (AvgIpc) is 3.08. The molecule has 6 heteroatoms. The molecule has 2 aromatic carbocycles. The molecule has 1 aliphatic rings. The molecule has 0 spiro atoms. The summed E-state index contributed by atoms with van der Waals surface area (Å²) >= 11 is 0. The standard InChI is InChI=1S/C22H21N3O3/c1-4-13-28-21(26)19-14(2)23-22-24-16-10-6-7-11-17(16)25(22)20(19)15-9-5-8-12-18(15)27-3/h4-12,20H,1,13H2,2-3H3,(H,23,24)/t20-/m1/s1. The molecule has 1 aliphatic heterocycles. The van der Waals surface area contributed by atoms with Crippen LogP contribution in [0.15, 0.2) is 72.5 Å². The number of methoxy groups -OCH3 is 1. The number of fused-ring (bicyclic) bond motifs is 3. The maximum absolute atomic E-state index is 13.0. The molecule has 2 heterocycles. The fourth-order valence-electron chi connectivity index (χ4n) is 3.63. The van der Waals surface area contributed by atoms with E-state index >= 15 is 0 Å². The van der Waals surface area contributed by atoms with Gasteiger partial charge in [-0.2, -0.15) is 0 Å². The van der Waals surface area contributed by atoms with E-state index in [-0.39, 0.29) is 6.61 Å². The monoisotopic (exact) mass is 375 g/mol. The molecule has 3 aromatic rings. The van der Waals surface area contributed by atoms with Crippen LogP contribution >= 0.6 is 0 Å². The first-order valence-electron chi connectivity index (χ1n) is 9.01. The number of allylic oxidation sites excluding steroid dienone is 1. The molecule has 6 nitrogen and oxygen atoms in total. The Morgan fingerprint density at radius 1 is 1.25 bits per heavy atom. The van der Waals surface area contributed by atoms with Crippen molar-refractivity contribution in [1.29, 1.82) is 0 Å². The molecular formula is C22H21N3O3. The highest BCUT2D eigenvalue weighted by Gasteiger charge is 2.36. The Balaban J connectivity index is 1.98. The highest BCUT2D eigenvalue weighted by molar-refractivity contribution is 5.94. The minimum atomic E-state index is -0.433. The molecule has 0 unspecified atom stereocenters. The van der Waals surface area contributed by atoms with Gasteiger partial charge in [0.05, 0.1) is 29.8 Å². The van der Waals surface area contributed by atoms with Crippen LogP contribution in [0.3, 0.4) is 0 Å². The lowest BCUT2D eigenvalue weighted by atomic mass is 9.94. The Morgan fingerprint density at radius 2 is 2.00 bits per heavy atom. The van der Waals surface area contributed by atoms with Gasteiger partial charge in [-0.25, -0.2) is 9.78 Å². The molecule has 0 saturated carbocycles. The number of anilines is 1. The number of aromatic nitrogens is 2. The van der Waals surface area contributed by atoms with Crippen molar-refractivity contribution >= 4 is 23.0 Å². The second-order valence-corrected chi connectivity index (χ2v) is 6.49. The summed E-state index contributed by atoms with van der Waals surface area (Å²) in [5.74, 6) is 0.971. The molecule has 0 fully saturated rings. The van der Waals surface area contributed by atoms with Gasteiger partial charge in [0.15, 0.2) is 0 Å². The number of para-hydroxylation sites is 3. The first kappa shape index (κ1) is 17.9. The predicted molar refractivity (Wildman–Crippen MR) is 108 cm³/mol. The molecule has 0 bridgehead atoms. The zero-order chi connectivity index (χ0) is 19.7. The van der Waals surface area contributed by atoms with Crippen LogP contribution in [-0.2, 0) is 9.53 Å². The maximum Gasteiger partial charge on any atom is 0.338 e. The second-order valence-electron chi connectivity index (χ2n) is 6.49. The first-order chi connectivity index (χ1) is 13.7. The summed E-state index contributed by atoms with van der Waals surface area (Å²) in [7, 11) is 1.62. The van der Waals surface area contributed by atoms with Crippen LogP contribution in [0.4, 0.5) is 5.95 Å². The van der Waals surface area contributed by atoms with E-state index in [1.165, 1.54) is 0 Å². The quantitative estimate of drug-likeness (QED) is 0.538. The number of hydrogen-bond acceptors (Lipinski definition) is 5. The minimum absolute atomic E-state index is 0.145. The number of esters is 1. The number of imidazole rings is 1. The molecule has 142 valence electrons. The van der Waals surface area contributed by atoms with Gasteiger partial charge in [0.2, 0.25) is 5.95 Å². The Labute approximate surface area is 163 Å². The third kappa shape index (κ3) is 2.83. The van der Waals surface area contributed by atoms with Crippen molar-refractivity contribution in [1.82, 2.24) is 9.55 Å². The van der Waals surface area contributed by atoms with Crippen LogP contribution in [0.1, 0.15) is 18.5 Å². The lowest BCUT2D eigenvalue weighted by Crippen LogP contribution is -2.29. The second kappa shape index (κ2) is 7.23. The molecule has 1 N–H and O–H groups in total. The van der Waals surface area contributed by atoms with Gasteiger partial charge in [-0.1, -0.05) is 43.0 Å². The summed E-state index contributed by atoms with van der Waals surface area (Å²) in [5, 5.41) is 3.26. The van der Waals surface area contributed by atoms with Crippen LogP contribution < -0.4 is 10.1 Å². The summed E-state index contributed by atoms with van der Waals surface area (Å²) < 4.78 is 13.0. The molecular weight excluding hydrogens is 354 g/mol. The fraction of sp³-hybridized carbons (Fsp3) is 0.182. The molecule has 28 heavy (non-hydrogen) atoms. The number of rotatable bonds is 5. The van der Waals surface area contributed by atoms with Crippen molar-refractivity contribution in [3.05, 3.63) is 78.0 Å². The van der Waals surface area contributed by atoms with Crippen molar-refractivity contribution in [2.24, 2.45) is 0 Å². The summed E-state index contributed by atoms with van der Waals surface area (Å²) in [4.78, 5) is 17.7. The third-order valence-electron chi connectivity index (χ3n) is 4.82. The summed E-state index contributed by atoms with van der Waals surface area (Å²) in [6.07, 6.45) is 1.56. The molecule has 0 aliphatic carbocycles. The summed E-state index contributed by atoms with van der Waals surface area (Å²) in [6, 6.07) is 15.1. The van der Waals surface area contributed by atoms with Crippen LogP contribution in [0.2, 0.25) is 0 Å². The smallest absolute Gasteiger partial charge is 0.338 e. The van der Waals surface area contributed by atoms with E-state index in [0.717, 1.165) is 16.6 Å². The SMILES string of the molecule is C=CCOC(=O)C1=C(C)Nc2nc3ccccc3n2[C@@H]1c1ccccc1OC. The number of nitrogens with one attached hydrogen (secondary N) is 1. The Hall–Kier alpha value is -3.54. The van der Waals surface area contributed by atoms with Gasteiger partial charge in [-0.15, -0.1) is 0 Å². The molecule has 1 aromatic heterocycles. The van der Waals surface area contributed by atoms with Gasteiger partial charge in [0.25, 0.3) is 0 Å². The highest BCUT2D eigenvalue weighted by Crippen LogP contribution is 2.42. The third-order valence-corrected chi connectivity index (χ3v) is 4.82. The van der Waals surface area contributed by atoms with Gasteiger partial charge in [-0.05, 0) is 25.1 Å². The highest BCUT2D eigenvalue weighted by atomic mass is 16.5. The van der Waals surface area contributed by atoms with Gasteiger partial charge in [-0.3, -0.25) is 4.57 Å². The molecule has 1 atom stereocenters. The van der Waals surface area contributed by atoms with Crippen LogP contribution in [0.5, 0.6) is 5.75 Å². The first-order valence-corrected chi connectivity index (χ1v) is 9.01. The number of carbonyl (C=O) groups is 1. The minimum Gasteiger partial charge on any atom is -0.496 e. The van der Waals surface area contributed by atoms with Gasteiger partial charge in [0, 0.05) is 11.3 Å². The zero-order valence-electron chi connectivity index (χ0n) is 15.8. The van der Waals surface area contributed by atoms with Crippen molar-refractivity contribution in [3.63, 3.8) is 0 Å². The van der Waals surface area contributed by atoms with Crippen LogP contribution in [0, 0.1) is 0 Å². The largest absolute Gasteiger partial charge is 0.496 e. The van der Waals surface area contributed by atoms with E-state index in [0.29, 0.717) is 23.0 Å². The van der Waals surface area contributed by atoms with E-state index in [9.17, 15) is 4.79 Å². The van der Waals surface area contributed by atoms with E-state index in [4.69, 9.17) is 14.5 Å². The maximum atomic E-state index is 13.0. The Morgan fingerprint density at radius 3 is 2.79 bits per heavy atom.